The average Bonchev–Trinajstić information content (AvgIpc) is 0. The molecule has 0 aromatic rings. The summed E-state index contributed by atoms with van der Waals surface area (Å²) in [5, 5.41) is 0. The summed E-state index contributed by atoms with van der Waals surface area (Å²) in [6.07, 6.45) is 0. The van der Waals surface area contributed by atoms with E-state index < -0.39 is 0 Å². The fraction of sp³-hybridized carbons (Fsp3) is 0. The molecular formula is H30O15Si5V2. The van der Waals surface area contributed by atoms with Crippen molar-refractivity contribution in [1.29, 1.82) is 0 Å². The summed E-state index contributed by atoms with van der Waals surface area (Å²) in [5.74, 6) is 0. The minimum atomic E-state index is 0. The largest absolute Gasteiger partial charge is 0.412 e. The van der Waals surface area contributed by atoms with Crippen LogP contribution in [0.25, 0.3) is 0 Å². The molecule has 0 atom stereocenters. The average molecular weight is 513 g/mol. The van der Waals surface area contributed by atoms with Gasteiger partial charge in [0.15, 0.2) is 0 Å². The van der Waals surface area contributed by atoms with E-state index in [1.165, 1.54) is 0 Å². The molecule has 150 valence electrons. The topological polar surface area (TPSA) is 472 Å². The second-order valence-corrected chi connectivity index (χ2v) is 0. The van der Waals surface area contributed by atoms with Crippen LogP contribution in [0, 0.1) is 0 Å². The van der Waals surface area contributed by atoms with Gasteiger partial charge in [-0.1, -0.05) is 0 Å². The SMILES string of the molecule is O.O.O.O.O.O.O.O.O.O.O.O.O.O.O.[Si].[Si].[Si].[Si].[Si].[V].[V]. The van der Waals surface area contributed by atoms with Gasteiger partial charge in [-0.3, -0.25) is 0 Å². The summed E-state index contributed by atoms with van der Waals surface area (Å²) >= 11 is 0. The first-order valence-electron chi connectivity index (χ1n) is 0. The van der Waals surface area contributed by atoms with E-state index in [1.54, 1.807) is 0 Å². The van der Waals surface area contributed by atoms with Gasteiger partial charge in [0.1, 0.15) is 0 Å². The molecule has 0 rings (SSSR count). The van der Waals surface area contributed by atoms with Crippen molar-refractivity contribution >= 4 is 54.8 Å². The fourth-order valence-corrected chi connectivity index (χ4v) is 0. The standard InChI is InChI=1S/15H2O.5Si.2V/h15*1H2;;;;;;;. The maximum absolute atomic E-state index is 0. The number of rotatable bonds is 0. The molecule has 0 heterocycles. The molecule has 22 radical (unpaired) electrons. The Bertz CT molecular complexity index is 25.9. The molecule has 30 N–H and O–H groups in total. The van der Waals surface area contributed by atoms with Crippen LogP contribution in [0.15, 0.2) is 0 Å². The molecule has 0 aliphatic heterocycles. The summed E-state index contributed by atoms with van der Waals surface area (Å²) in [7, 11) is 0. The van der Waals surface area contributed by atoms with Crippen LogP contribution in [-0.4, -0.2) is 137 Å². The Morgan fingerprint density at radius 1 is 0.136 bits per heavy atom. The second kappa shape index (κ2) is 3890. The third kappa shape index (κ3) is 3380. The van der Waals surface area contributed by atoms with Gasteiger partial charge < -0.3 is 82.1 Å². The molecular weight excluding hydrogens is 482 g/mol. The van der Waals surface area contributed by atoms with Crippen molar-refractivity contribution in [3.63, 3.8) is 0 Å². The maximum atomic E-state index is 0. The van der Waals surface area contributed by atoms with Crippen molar-refractivity contribution < 1.29 is 119 Å². The zero-order chi connectivity index (χ0) is 0. The van der Waals surface area contributed by atoms with E-state index in [9.17, 15) is 0 Å². The molecule has 0 aliphatic rings. The molecule has 0 spiro atoms. The normalized spacial score (nSPS) is 0. The van der Waals surface area contributed by atoms with Gasteiger partial charge in [0, 0.05) is 91.9 Å². The van der Waals surface area contributed by atoms with Gasteiger partial charge >= 0.3 is 0 Å². The minimum Gasteiger partial charge on any atom is -0.412 e. The van der Waals surface area contributed by atoms with Crippen molar-refractivity contribution in [1.82, 2.24) is 0 Å². The first-order valence-corrected chi connectivity index (χ1v) is 0. The van der Waals surface area contributed by atoms with Gasteiger partial charge in [-0.25, -0.2) is 0 Å². The first-order chi connectivity index (χ1) is 0. The molecule has 0 aromatic heterocycles. The predicted molar refractivity (Wildman–Crippen MR) is 83.0 cm³/mol. The molecule has 0 aliphatic carbocycles. The van der Waals surface area contributed by atoms with E-state index in [-0.39, 0.29) is 174 Å². The van der Waals surface area contributed by atoms with E-state index in [1.807, 2.05) is 0 Å². The zero-order valence-corrected chi connectivity index (χ0v) is 18.7. The van der Waals surface area contributed by atoms with E-state index in [2.05, 4.69) is 0 Å². The van der Waals surface area contributed by atoms with Gasteiger partial charge in [0.05, 0.1) is 0 Å². The summed E-state index contributed by atoms with van der Waals surface area (Å²) < 4.78 is 0. The van der Waals surface area contributed by atoms with E-state index in [0.29, 0.717) is 0 Å². The van der Waals surface area contributed by atoms with Crippen molar-refractivity contribution in [2.75, 3.05) is 0 Å². The quantitative estimate of drug-likeness (QED) is 0.273. The Labute approximate surface area is 173 Å². The van der Waals surface area contributed by atoms with Gasteiger partial charge in [0.25, 0.3) is 0 Å². The van der Waals surface area contributed by atoms with Crippen LogP contribution < -0.4 is 0 Å². The fourth-order valence-electron chi connectivity index (χ4n) is 0. The Kier molecular flexibility index (Phi) is 784000. The van der Waals surface area contributed by atoms with Crippen LogP contribution >= 0.6 is 0 Å². The van der Waals surface area contributed by atoms with Gasteiger partial charge in [-0.15, -0.1) is 0 Å². The van der Waals surface area contributed by atoms with Crippen molar-refractivity contribution in [3.05, 3.63) is 0 Å². The van der Waals surface area contributed by atoms with Crippen LogP contribution in [0.2, 0.25) is 0 Å². The Balaban J connectivity index is 0. The van der Waals surface area contributed by atoms with Crippen LogP contribution in [0.1, 0.15) is 0 Å². The molecule has 0 fully saturated rings. The van der Waals surface area contributed by atoms with Crippen LogP contribution in [-0.2, 0) is 37.1 Å². The molecule has 15 nitrogen and oxygen atoms in total. The number of hydrogen-bond acceptors (Lipinski definition) is 0. The zero-order valence-electron chi connectivity index (χ0n) is 10.9. The van der Waals surface area contributed by atoms with Crippen molar-refractivity contribution in [2.24, 2.45) is 0 Å². The predicted octanol–water partition coefficient (Wildman–Crippen LogP) is -14.3. The molecule has 0 saturated heterocycles. The van der Waals surface area contributed by atoms with Gasteiger partial charge in [-0.05, 0) is 0 Å². The first kappa shape index (κ1) is 4440. The van der Waals surface area contributed by atoms with Gasteiger partial charge in [0.2, 0.25) is 0 Å². The Hall–Kier alpha value is 1.65. The van der Waals surface area contributed by atoms with Crippen LogP contribution in [0.4, 0.5) is 0 Å². The van der Waals surface area contributed by atoms with E-state index in [0.717, 1.165) is 0 Å². The molecule has 22 heteroatoms. The third-order valence-electron chi connectivity index (χ3n) is 0. The van der Waals surface area contributed by atoms with E-state index >= 15 is 0 Å². The molecule has 0 unspecified atom stereocenters. The Morgan fingerprint density at radius 2 is 0.136 bits per heavy atom. The number of hydrogen-bond donors (Lipinski definition) is 0. The summed E-state index contributed by atoms with van der Waals surface area (Å²) in [5.41, 5.74) is 0. The smallest absolute Gasteiger partial charge is 0 e. The van der Waals surface area contributed by atoms with Crippen molar-refractivity contribution in [2.45, 2.75) is 0 Å². The van der Waals surface area contributed by atoms with Crippen LogP contribution in [0.5, 0.6) is 0 Å². The third-order valence-corrected chi connectivity index (χ3v) is 0. The summed E-state index contributed by atoms with van der Waals surface area (Å²) in [6.45, 7) is 0. The molecule has 22 heavy (non-hydrogen) atoms. The minimum absolute atomic E-state index is 0. The monoisotopic (exact) mass is 512 g/mol. The van der Waals surface area contributed by atoms with Gasteiger partial charge in [-0.2, -0.15) is 0 Å². The molecule has 0 saturated carbocycles. The second-order valence-electron chi connectivity index (χ2n) is 0. The molecule has 0 aromatic carbocycles. The molecule has 0 amide bonds. The molecule has 0 bridgehead atoms. The summed E-state index contributed by atoms with van der Waals surface area (Å²) in [6, 6.07) is 0. The summed E-state index contributed by atoms with van der Waals surface area (Å²) in [4.78, 5) is 0. The van der Waals surface area contributed by atoms with Crippen LogP contribution in [0.3, 0.4) is 0 Å². The van der Waals surface area contributed by atoms with E-state index in [4.69, 9.17) is 0 Å². The maximum Gasteiger partial charge on any atom is 0 e. The van der Waals surface area contributed by atoms with Crippen molar-refractivity contribution in [3.8, 4) is 0 Å². The Morgan fingerprint density at radius 3 is 0.136 bits per heavy atom.